The molecule has 1 aromatic heterocycles. The minimum Gasteiger partial charge on any atom is -0.375 e. The number of tetrazole rings is 1. The third-order valence-electron chi connectivity index (χ3n) is 3.77. The Bertz CT molecular complexity index is 556. The van der Waals surface area contributed by atoms with E-state index in [0.29, 0.717) is 6.54 Å². The van der Waals surface area contributed by atoms with Gasteiger partial charge >= 0.3 is 0 Å². The number of nitrogens with zero attached hydrogens (tertiary/aromatic N) is 5. The maximum absolute atomic E-state index is 5.94. The number of hydrogen-bond donors (Lipinski definition) is 0. The van der Waals surface area contributed by atoms with Crippen LogP contribution < -0.4 is 0 Å². The number of hydrogen-bond acceptors (Lipinski definition) is 5. The van der Waals surface area contributed by atoms with E-state index in [2.05, 4.69) is 50.8 Å². The summed E-state index contributed by atoms with van der Waals surface area (Å²) in [6, 6.07) is 10.6. The first-order valence-corrected chi connectivity index (χ1v) is 7.42. The highest BCUT2D eigenvalue weighted by Crippen LogP contribution is 2.12. The second kappa shape index (κ2) is 6.78. The first-order chi connectivity index (χ1) is 10.3. The lowest BCUT2D eigenvalue weighted by Gasteiger charge is -2.23. The van der Waals surface area contributed by atoms with E-state index >= 15 is 0 Å². The zero-order chi connectivity index (χ0) is 14.5. The van der Waals surface area contributed by atoms with E-state index in [9.17, 15) is 0 Å². The molecule has 1 aromatic carbocycles. The third-order valence-corrected chi connectivity index (χ3v) is 3.77. The highest BCUT2D eigenvalue weighted by molar-refractivity contribution is 5.14. The van der Waals surface area contributed by atoms with Crippen molar-refractivity contribution in [1.29, 1.82) is 0 Å². The van der Waals surface area contributed by atoms with Gasteiger partial charge in [0.25, 0.3) is 0 Å². The molecule has 21 heavy (non-hydrogen) atoms. The van der Waals surface area contributed by atoms with Crippen molar-refractivity contribution in [2.45, 2.75) is 32.5 Å². The fourth-order valence-electron chi connectivity index (χ4n) is 2.68. The van der Waals surface area contributed by atoms with Crippen molar-refractivity contribution in [2.24, 2.45) is 0 Å². The van der Waals surface area contributed by atoms with Crippen molar-refractivity contribution >= 4 is 0 Å². The van der Waals surface area contributed by atoms with Crippen LogP contribution in [0.15, 0.2) is 30.3 Å². The topological polar surface area (TPSA) is 56.1 Å². The van der Waals surface area contributed by atoms with Crippen molar-refractivity contribution in [3.63, 3.8) is 0 Å². The van der Waals surface area contributed by atoms with Crippen molar-refractivity contribution in [3.05, 3.63) is 41.7 Å². The summed E-state index contributed by atoms with van der Waals surface area (Å²) in [4.78, 5) is 2.45. The molecule has 0 amide bonds. The fourth-order valence-corrected chi connectivity index (χ4v) is 2.68. The Labute approximate surface area is 124 Å². The second-order valence-corrected chi connectivity index (χ2v) is 5.48. The Morgan fingerprint density at radius 2 is 2.14 bits per heavy atom. The first kappa shape index (κ1) is 14.2. The third kappa shape index (κ3) is 3.86. The van der Waals surface area contributed by atoms with Crippen LogP contribution in [0.25, 0.3) is 0 Å². The van der Waals surface area contributed by atoms with Gasteiger partial charge in [0.1, 0.15) is 5.82 Å². The van der Waals surface area contributed by atoms with Crippen LogP contribution in [0, 0.1) is 6.92 Å². The van der Waals surface area contributed by atoms with Crippen molar-refractivity contribution in [1.82, 2.24) is 25.1 Å². The van der Waals surface area contributed by atoms with Gasteiger partial charge in [-0.1, -0.05) is 30.3 Å². The average Bonchev–Trinajstić information content (AvgIpc) is 2.76. The molecule has 1 saturated heterocycles. The van der Waals surface area contributed by atoms with Gasteiger partial charge in [-0.05, 0) is 29.3 Å². The Morgan fingerprint density at radius 1 is 1.29 bits per heavy atom. The number of aromatic nitrogens is 4. The van der Waals surface area contributed by atoms with Gasteiger partial charge in [-0.3, -0.25) is 4.90 Å². The molecule has 6 nitrogen and oxygen atoms in total. The van der Waals surface area contributed by atoms with Gasteiger partial charge in [0, 0.05) is 26.2 Å². The summed E-state index contributed by atoms with van der Waals surface area (Å²) in [6.45, 7) is 6.38. The molecule has 2 heterocycles. The summed E-state index contributed by atoms with van der Waals surface area (Å²) < 4.78 is 7.76. The van der Waals surface area contributed by atoms with Crippen molar-refractivity contribution in [3.8, 4) is 0 Å². The summed E-state index contributed by atoms with van der Waals surface area (Å²) in [5.74, 6) is 0.831. The van der Waals surface area contributed by atoms with Gasteiger partial charge in [-0.25, -0.2) is 4.68 Å². The number of ether oxygens (including phenoxy) is 1. The molecule has 3 rings (SSSR count). The van der Waals surface area contributed by atoms with Gasteiger partial charge < -0.3 is 4.74 Å². The van der Waals surface area contributed by atoms with E-state index in [4.69, 9.17) is 4.74 Å². The molecule has 112 valence electrons. The molecule has 0 radical (unpaired) electrons. The summed E-state index contributed by atoms with van der Waals surface area (Å²) in [5, 5.41) is 11.6. The normalized spacial score (nSPS) is 20.3. The molecule has 1 aliphatic rings. The van der Waals surface area contributed by atoms with Gasteiger partial charge in [0.05, 0.1) is 12.6 Å². The zero-order valence-corrected chi connectivity index (χ0v) is 12.4. The quantitative estimate of drug-likeness (QED) is 0.847. The molecule has 2 aromatic rings. The lowest BCUT2D eigenvalue weighted by atomic mass is 10.2. The predicted molar refractivity (Wildman–Crippen MR) is 78.6 cm³/mol. The highest BCUT2D eigenvalue weighted by Gasteiger charge is 2.20. The van der Waals surface area contributed by atoms with Gasteiger partial charge in [0.2, 0.25) is 0 Å². The largest absolute Gasteiger partial charge is 0.375 e. The fraction of sp³-hybridized carbons (Fsp3) is 0.533. The van der Waals surface area contributed by atoms with Crippen molar-refractivity contribution in [2.75, 3.05) is 19.7 Å². The molecule has 0 aliphatic carbocycles. The molecule has 0 bridgehead atoms. The molecular formula is C15H21N5O. The Kier molecular flexibility index (Phi) is 4.57. The van der Waals surface area contributed by atoms with E-state index in [1.54, 1.807) is 0 Å². The van der Waals surface area contributed by atoms with Crippen LogP contribution >= 0.6 is 0 Å². The van der Waals surface area contributed by atoms with E-state index in [1.165, 1.54) is 5.56 Å². The van der Waals surface area contributed by atoms with Crippen molar-refractivity contribution < 1.29 is 4.74 Å². The molecular weight excluding hydrogens is 266 g/mol. The maximum atomic E-state index is 5.94. The summed E-state index contributed by atoms with van der Waals surface area (Å²) in [5.41, 5.74) is 1.34. The molecule has 0 saturated carbocycles. The predicted octanol–water partition coefficient (Wildman–Crippen LogP) is 1.27. The summed E-state index contributed by atoms with van der Waals surface area (Å²) >= 11 is 0. The maximum Gasteiger partial charge on any atom is 0.148 e. The Balaban J connectivity index is 1.62. The molecule has 0 N–H and O–H groups in total. The molecule has 1 fully saturated rings. The standard InChI is InChI=1S/C15H21N5O/c1-13-16-17-18-20(13)12-15-11-19(8-5-9-21-15)10-14-6-3-2-4-7-14/h2-4,6-7,15H,5,8-12H2,1H3. The Morgan fingerprint density at radius 3 is 2.90 bits per heavy atom. The second-order valence-electron chi connectivity index (χ2n) is 5.48. The lowest BCUT2D eigenvalue weighted by molar-refractivity contribution is 0.0383. The average molecular weight is 287 g/mol. The van der Waals surface area contributed by atoms with E-state index in [1.807, 2.05) is 11.6 Å². The number of aryl methyl sites for hydroxylation is 1. The lowest BCUT2D eigenvalue weighted by Crippen LogP contribution is -2.34. The molecule has 0 spiro atoms. The number of rotatable bonds is 4. The van der Waals surface area contributed by atoms with Crippen LogP contribution in [0.3, 0.4) is 0 Å². The summed E-state index contributed by atoms with van der Waals surface area (Å²) in [6.07, 6.45) is 1.20. The van der Waals surface area contributed by atoms with Crippen LogP contribution in [-0.4, -0.2) is 50.9 Å². The molecule has 6 heteroatoms. The minimum atomic E-state index is 0.137. The van der Waals surface area contributed by atoms with Crippen LogP contribution in [0.5, 0.6) is 0 Å². The smallest absolute Gasteiger partial charge is 0.148 e. The number of benzene rings is 1. The monoisotopic (exact) mass is 287 g/mol. The first-order valence-electron chi connectivity index (χ1n) is 7.42. The molecule has 1 unspecified atom stereocenters. The van der Waals surface area contributed by atoms with Crippen LogP contribution in [0.2, 0.25) is 0 Å². The summed E-state index contributed by atoms with van der Waals surface area (Å²) in [7, 11) is 0. The zero-order valence-electron chi connectivity index (χ0n) is 12.4. The van der Waals surface area contributed by atoms with Crippen LogP contribution in [-0.2, 0) is 17.8 Å². The van der Waals surface area contributed by atoms with Crippen LogP contribution in [0.4, 0.5) is 0 Å². The molecule has 1 atom stereocenters. The highest BCUT2D eigenvalue weighted by atomic mass is 16.5. The van der Waals surface area contributed by atoms with E-state index < -0.39 is 0 Å². The Hall–Kier alpha value is -1.79. The van der Waals surface area contributed by atoms with E-state index in [-0.39, 0.29) is 6.10 Å². The minimum absolute atomic E-state index is 0.137. The SMILES string of the molecule is Cc1nnnn1CC1CN(Cc2ccccc2)CCCO1. The van der Waals surface area contributed by atoms with Crippen LogP contribution in [0.1, 0.15) is 17.8 Å². The van der Waals surface area contributed by atoms with Gasteiger partial charge in [0.15, 0.2) is 0 Å². The molecule has 1 aliphatic heterocycles. The van der Waals surface area contributed by atoms with Gasteiger partial charge in [-0.15, -0.1) is 5.10 Å². The van der Waals surface area contributed by atoms with Gasteiger partial charge in [-0.2, -0.15) is 0 Å². The van der Waals surface area contributed by atoms with E-state index in [0.717, 1.165) is 38.5 Å².